The second kappa shape index (κ2) is 4.06. The van der Waals surface area contributed by atoms with Gasteiger partial charge in [-0.2, -0.15) is 0 Å². The van der Waals surface area contributed by atoms with Gasteiger partial charge in [-0.1, -0.05) is 25.8 Å². The van der Waals surface area contributed by atoms with Crippen LogP contribution in [0.4, 0.5) is 0 Å². The van der Waals surface area contributed by atoms with E-state index < -0.39 is 0 Å². The standard InChI is InChI=1S/C15H20O4/c1-2-11(16)18-13-10-8-9-12(17-10)14(13)19-15(9)6-4-3-5-7-15/h2,9-10,12-14H,1,3-8H2. The highest BCUT2D eigenvalue weighted by atomic mass is 16.6. The molecule has 5 unspecified atom stereocenters. The minimum absolute atomic E-state index is 0.0116. The Kier molecular flexibility index (Phi) is 2.55. The second-order valence-electron chi connectivity index (χ2n) is 6.29. The first kappa shape index (κ1) is 11.9. The average Bonchev–Trinajstić information content (AvgIpc) is 3.04. The van der Waals surface area contributed by atoms with Crippen LogP contribution in [0.25, 0.3) is 0 Å². The molecule has 0 amide bonds. The lowest BCUT2D eigenvalue weighted by molar-refractivity contribution is -0.155. The third-order valence-corrected chi connectivity index (χ3v) is 5.39. The highest BCUT2D eigenvalue weighted by Gasteiger charge is 2.68. The van der Waals surface area contributed by atoms with Crippen LogP contribution in [-0.2, 0) is 19.0 Å². The Morgan fingerprint density at radius 3 is 2.79 bits per heavy atom. The molecule has 104 valence electrons. The van der Waals surface area contributed by atoms with Crippen LogP contribution in [0.1, 0.15) is 38.5 Å². The maximum Gasteiger partial charge on any atom is 0.330 e. The molecule has 1 spiro atoms. The number of esters is 1. The summed E-state index contributed by atoms with van der Waals surface area (Å²) in [5, 5.41) is 0. The van der Waals surface area contributed by atoms with Crippen molar-refractivity contribution in [3.63, 3.8) is 0 Å². The Morgan fingerprint density at radius 2 is 2.05 bits per heavy atom. The summed E-state index contributed by atoms with van der Waals surface area (Å²) >= 11 is 0. The lowest BCUT2D eigenvalue weighted by atomic mass is 9.72. The molecule has 19 heavy (non-hydrogen) atoms. The van der Waals surface area contributed by atoms with Crippen molar-refractivity contribution in [2.45, 2.75) is 68.5 Å². The van der Waals surface area contributed by atoms with Gasteiger partial charge in [0.25, 0.3) is 0 Å². The Labute approximate surface area is 113 Å². The van der Waals surface area contributed by atoms with E-state index in [0.717, 1.165) is 19.3 Å². The zero-order valence-corrected chi connectivity index (χ0v) is 11.0. The van der Waals surface area contributed by atoms with Gasteiger partial charge < -0.3 is 14.2 Å². The smallest absolute Gasteiger partial charge is 0.330 e. The minimum Gasteiger partial charge on any atom is -0.454 e. The molecule has 3 heterocycles. The van der Waals surface area contributed by atoms with Crippen LogP contribution in [0.2, 0.25) is 0 Å². The van der Waals surface area contributed by atoms with Crippen molar-refractivity contribution in [2.24, 2.45) is 5.92 Å². The van der Waals surface area contributed by atoms with Gasteiger partial charge in [0.15, 0.2) is 6.10 Å². The summed E-state index contributed by atoms with van der Waals surface area (Å²) in [5.74, 6) is 0.146. The lowest BCUT2D eigenvalue weighted by Gasteiger charge is -2.36. The van der Waals surface area contributed by atoms with Gasteiger partial charge in [0, 0.05) is 12.0 Å². The van der Waals surface area contributed by atoms with Crippen LogP contribution in [0.3, 0.4) is 0 Å². The minimum atomic E-state index is -0.370. The van der Waals surface area contributed by atoms with Crippen LogP contribution >= 0.6 is 0 Å². The fourth-order valence-electron chi connectivity index (χ4n) is 4.62. The van der Waals surface area contributed by atoms with E-state index in [2.05, 4.69) is 6.58 Å². The van der Waals surface area contributed by atoms with E-state index >= 15 is 0 Å². The zero-order valence-electron chi connectivity index (χ0n) is 11.0. The summed E-state index contributed by atoms with van der Waals surface area (Å²) in [5.41, 5.74) is 0.0116. The molecule has 0 radical (unpaired) electrons. The third-order valence-electron chi connectivity index (χ3n) is 5.39. The van der Waals surface area contributed by atoms with E-state index in [0.29, 0.717) is 5.92 Å². The van der Waals surface area contributed by atoms with Crippen molar-refractivity contribution in [1.82, 2.24) is 0 Å². The second-order valence-corrected chi connectivity index (χ2v) is 6.29. The van der Waals surface area contributed by atoms with Crippen LogP contribution in [0, 0.1) is 5.92 Å². The molecule has 4 heteroatoms. The number of fused-ring (bicyclic) bond motifs is 2. The quantitative estimate of drug-likeness (QED) is 0.565. The summed E-state index contributed by atoms with van der Waals surface area (Å²) in [6, 6.07) is 0. The van der Waals surface area contributed by atoms with Crippen LogP contribution < -0.4 is 0 Å². The normalized spacial score (nSPS) is 45.6. The van der Waals surface area contributed by atoms with Crippen LogP contribution in [0.5, 0.6) is 0 Å². The van der Waals surface area contributed by atoms with Crippen molar-refractivity contribution in [3.8, 4) is 0 Å². The van der Waals surface area contributed by atoms with Gasteiger partial charge in [-0.25, -0.2) is 4.79 Å². The van der Waals surface area contributed by atoms with Gasteiger partial charge in [0.05, 0.1) is 17.8 Å². The number of carbonyl (C=O) groups is 1. The van der Waals surface area contributed by atoms with E-state index in [4.69, 9.17) is 14.2 Å². The predicted molar refractivity (Wildman–Crippen MR) is 67.5 cm³/mol. The number of ether oxygens (including phenoxy) is 3. The Bertz CT molecular complexity index is 412. The first-order valence-electron chi connectivity index (χ1n) is 7.40. The summed E-state index contributed by atoms with van der Waals surface area (Å²) in [6.07, 6.45) is 8.19. The molecule has 4 rings (SSSR count). The number of hydrogen-bond acceptors (Lipinski definition) is 4. The van der Waals surface area contributed by atoms with Gasteiger partial charge in [0.1, 0.15) is 6.10 Å². The summed E-state index contributed by atoms with van der Waals surface area (Å²) in [4.78, 5) is 11.4. The lowest BCUT2D eigenvalue weighted by Crippen LogP contribution is -2.40. The van der Waals surface area contributed by atoms with E-state index in [1.165, 1.54) is 25.3 Å². The first-order valence-corrected chi connectivity index (χ1v) is 7.40. The summed E-state index contributed by atoms with van der Waals surface area (Å²) < 4.78 is 17.8. The molecule has 5 atom stereocenters. The molecule has 4 fully saturated rings. The van der Waals surface area contributed by atoms with Gasteiger partial charge in [-0.15, -0.1) is 0 Å². The number of carbonyl (C=O) groups excluding carboxylic acids is 1. The summed E-state index contributed by atoms with van der Waals surface area (Å²) in [6.45, 7) is 3.45. The van der Waals surface area contributed by atoms with Gasteiger partial charge in [-0.05, 0) is 19.3 Å². The summed E-state index contributed by atoms with van der Waals surface area (Å²) in [7, 11) is 0. The van der Waals surface area contributed by atoms with Gasteiger partial charge in [-0.3, -0.25) is 0 Å². The first-order chi connectivity index (χ1) is 9.23. The Balaban J connectivity index is 1.57. The van der Waals surface area contributed by atoms with Gasteiger partial charge >= 0.3 is 5.97 Å². The van der Waals surface area contributed by atoms with E-state index in [9.17, 15) is 4.79 Å². The molecule has 4 nitrogen and oxygen atoms in total. The monoisotopic (exact) mass is 264 g/mol. The molecule has 0 aromatic heterocycles. The predicted octanol–water partition coefficient (Wildman–Crippen LogP) is 1.97. The maximum absolute atomic E-state index is 11.4. The molecule has 4 aliphatic rings. The molecule has 0 aromatic carbocycles. The average molecular weight is 264 g/mol. The molecule has 2 bridgehead atoms. The van der Waals surface area contributed by atoms with Crippen molar-refractivity contribution < 1.29 is 19.0 Å². The van der Waals surface area contributed by atoms with Crippen molar-refractivity contribution in [1.29, 1.82) is 0 Å². The Morgan fingerprint density at radius 1 is 1.26 bits per heavy atom. The largest absolute Gasteiger partial charge is 0.454 e. The zero-order chi connectivity index (χ0) is 13.0. The van der Waals surface area contributed by atoms with Crippen molar-refractivity contribution >= 4 is 5.97 Å². The SMILES string of the molecule is C=CC(=O)OC1C2CC3C(O2)C1OC31CCCCC1. The molecule has 1 saturated carbocycles. The molecular formula is C15H20O4. The third kappa shape index (κ3) is 1.56. The maximum atomic E-state index is 11.4. The van der Waals surface area contributed by atoms with Crippen molar-refractivity contribution in [3.05, 3.63) is 12.7 Å². The van der Waals surface area contributed by atoms with E-state index in [1.807, 2.05) is 0 Å². The highest BCUT2D eigenvalue weighted by Crippen LogP contribution is 2.58. The van der Waals surface area contributed by atoms with Crippen LogP contribution in [-0.4, -0.2) is 36.0 Å². The number of hydrogen-bond donors (Lipinski definition) is 0. The van der Waals surface area contributed by atoms with E-state index in [1.54, 1.807) is 0 Å². The van der Waals surface area contributed by atoms with Crippen LogP contribution in [0.15, 0.2) is 12.7 Å². The molecule has 0 N–H and O–H groups in total. The van der Waals surface area contributed by atoms with Crippen molar-refractivity contribution in [2.75, 3.05) is 0 Å². The van der Waals surface area contributed by atoms with E-state index in [-0.39, 0.29) is 36.0 Å². The fourth-order valence-corrected chi connectivity index (χ4v) is 4.62. The number of rotatable bonds is 2. The fraction of sp³-hybridized carbons (Fsp3) is 0.800. The molecule has 3 aliphatic heterocycles. The molecular weight excluding hydrogens is 244 g/mol. The highest BCUT2D eigenvalue weighted by molar-refractivity contribution is 5.81. The Hall–Kier alpha value is -0.870. The molecule has 0 aromatic rings. The molecule has 3 saturated heterocycles. The topological polar surface area (TPSA) is 44.8 Å². The van der Waals surface area contributed by atoms with Gasteiger partial charge in [0.2, 0.25) is 0 Å². The molecule has 1 aliphatic carbocycles.